The summed E-state index contributed by atoms with van der Waals surface area (Å²) in [5, 5.41) is 3.61. The Hall–Kier alpha value is -2.76. The molecule has 29 heavy (non-hydrogen) atoms. The maximum Gasteiger partial charge on any atom is 0.258 e. The minimum Gasteiger partial charge on any atom is -0.484 e. The van der Waals surface area contributed by atoms with E-state index in [-0.39, 0.29) is 18.6 Å². The lowest BCUT2D eigenvalue weighted by Gasteiger charge is -2.34. The van der Waals surface area contributed by atoms with Crippen LogP contribution >= 0.6 is 11.6 Å². The molecule has 2 heterocycles. The van der Waals surface area contributed by atoms with E-state index in [1.807, 2.05) is 12.1 Å². The largest absolute Gasteiger partial charge is 0.484 e. The lowest BCUT2D eigenvalue weighted by molar-refractivity contribution is -0.123. The summed E-state index contributed by atoms with van der Waals surface area (Å²) < 4.78 is 11.2. The molecule has 1 N–H and O–H groups in total. The van der Waals surface area contributed by atoms with E-state index in [9.17, 15) is 4.79 Å². The molecule has 5 nitrogen and oxygen atoms in total. The molecular formula is C23H23ClN2O3. The number of carbonyl (C=O) groups is 1. The highest BCUT2D eigenvalue weighted by Crippen LogP contribution is 2.27. The molecule has 2 aromatic carbocycles. The van der Waals surface area contributed by atoms with Crippen molar-refractivity contribution in [3.8, 4) is 5.75 Å². The van der Waals surface area contributed by atoms with Gasteiger partial charge in [-0.3, -0.25) is 9.69 Å². The first-order valence-electron chi connectivity index (χ1n) is 9.68. The third-order valence-electron chi connectivity index (χ3n) is 5.15. The number of hydrogen-bond donors (Lipinski definition) is 1. The van der Waals surface area contributed by atoms with Gasteiger partial charge >= 0.3 is 0 Å². The summed E-state index contributed by atoms with van der Waals surface area (Å²) in [4.78, 5) is 14.7. The lowest BCUT2D eigenvalue weighted by Crippen LogP contribution is -2.41. The molecule has 0 radical (unpaired) electrons. The van der Waals surface area contributed by atoms with Crippen LogP contribution in [0.15, 0.2) is 71.3 Å². The zero-order chi connectivity index (χ0) is 20.1. The van der Waals surface area contributed by atoms with Gasteiger partial charge in [-0.15, -0.1) is 0 Å². The number of carbonyl (C=O) groups excluding carboxylic acids is 1. The Morgan fingerprint density at radius 3 is 2.66 bits per heavy atom. The van der Waals surface area contributed by atoms with Gasteiger partial charge in [-0.25, -0.2) is 0 Å². The second kappa shape index (κ2) is 9.16. The van der Waals surface area contributed by atoms with Crippen LogP contribution in [-0.4, -0.2) is 30.5 Å². The maximum atomic E-state index is 12.3. The molecule has 1 aliphatic heterocycles. The van der Waals surface area contributed by atoms with Crippen LogP contribution in [0.5, 0.6) is 5.75 Å². The van der Waals surface area contributed by atoms with Gasteiger partial charge in [-0.05, 0) is 53.9 Å². The van der Waals surface area contributed by atoms with Crippen LogP contribution in [0.4, 0.5) is 0 Å². The second-order valence-corrected chi connectivity index (χ2v) is 7.50. The van der Waals surface area contributed by atoms with Crippen molar-refractivity contribution in [1.29, 1.82) is 0 Å². The summed E-state index contributed by atoms with van der Waals surface area (Å²) in [6, 6.07) is 19.3. The minimum absolute atomic E-state index is 0.0298. The molecule has 1 amide bonds. The zero-order valence-electron chi connectivity index (χ0n) is 16.0. The van der Waals surface area contributed by atoms with Gasteiger partial charge in [0, 0.05) is 24.7 Å². The summed E-state index contributed by atoms with van der Waals surface area (Å²) in [6.07, 6.45) is 2.66. The van der Waals surface area contributed by atoms with Gasteiger partial charge in [0.2, 0.25) is 0 Å². The number of fused-ring (bicyclic) bond motifs is 1. The van der Waals surface area contributed by atoms with Crippen LogP contribution < -0.4 is 10.1 Å². The van der Waals surface area contributed by atoms with E-state index in [1.54, 1.807) is 30.5 Å². The van der Waals surface area contributed by atoms with Crippen LogP contribution in [0.25, 0.3) is 0 Å². The SMILES string of the molecule is O=C(COc1ccc(Cl)cc1)NCC(c1ccco1)N1CCc2ccccc2C1. The number of rotatable bonds is 7. The van der Waals surface area contributed by atoms with Gasteiger partial charge in [-0.1, -0.05) is 35.9 Å². The molecule has 1 atom stereocenters. The molecule has 0 aliphatic carbocycles. The Morgan fingerprint density at radius 1 is 1.10 bits per heavy atom. The highest BCUT2D eigenvalue weighted by molar-refractivity contribution is 6.30. The van der Waals surface area contributed by atoms with Crippen LogP contribution in [0.1, 0.15) is 22.9 Å². The van der Waals surface area contributed by atoms with Crippen LogP contribution in [0, 0.1) is 0 Å². The fourth-order valence-electron chi connectivity index (χ4n) is 3.62. The smallest absolute Gasteiger partial charge is 0.258 e. The first-order valence-corrected chi connectivity index (χ1v) is 10.1. The molecule has 4 rings (SSSR count). The third-order valence-corrected chi connectivity index (χ3v) is 5.40. The van der Waals surface area contributed by atoms with Crippen molar-refractivity contribution >= 4 is 17.5 Å². The Labute approximate surface area is 175 Å². The number of amides is 1. The average Bonchev–Trinajstić information content (AvgIpc) is 3.28. The molecule has 3 aromatic rings. The van der Waals surface area contributed by atoms with E-state index < -0.39 is 0 Å². The Balaban J connectivity index is 1.37. The first-order chi connectivity index (χ1) is 14.2. The van der Waals surface area contributed by atoms with Crippen LogP contribution in [0.3, 0.4) is 0 Å². The van der Waals surface area contributed by atoms with E-state index in [1.165, 1.54) is 11.1 Å². The predicted octanol–water partition coefficient (Wildman–Crippen LogP) is 4.23. The van der Waals surface area contributed by atoms with Crippen molar-refractivity contribution < 1.29 is 13.9 Å². The molecule has 0 saturated heterocycles. The fourth-order valence-corrected chi connectivity index (χ4v) is 3.74. The second-order valence-electron chi connectivity index (χ2n) is 7.07. The van der Waals surface area contributed by atoms with Gasteiger partial charge in [0.25, 0.3) is 5.91 Å². The minimum atomic E-state index is -0.172. The number of ether oxygens (including phenoxy) is 1. The quantitative estimate of drug-likeness (QED) is 0.633. The van der Waals surface area contributed by atoms with Crippen LogP contribution in [0.2, 0.25) is 5.02 Å². The fraction of sp³-hybridized carbons (Fsp3) is 0.261. The summed E-state index contributed by atoms with van der Waals surface area (Å²) in [6.45, 7) is 2.16. The third kappa shape index (κ3) is 5.00. The summed E-state index contributed by atoms with van der Waals surface area (Å²) in [7, 11) is 0. The van der Waals surface area contributed by atoms with E-state index >= 15 is 0 Å². The van der Waals surface area contributed by atoms with E-state index in [4.69, 9.17) is 20.8 Å². The highest BCUT2D eigenvalue weighted by atomic mass is 35.5. The summed E-state index contributed by atoms with van der Waals surface area (Å²) in [5.74, 6) is 1.29. The van der Waals surface area contributed by atoms with Gasteiger partial charge in [0.1, 0.15) is 11.5 Å². The normalized spacial score (nSPS) is 14.8. The number of benzene rings is 2. The molecule has 0 spiro atoms. The number of nitrogens with zero attached hydrogens (tertiary/aromatic N) is 1. The molecule has 150 valence electrons. The Bertz CT molecular complexity index is 941. The molecule has 1 unspecified atom stereocenters. The van der Waals surface area contributed by atoms with Crippen molar-refractivity contribution in [3.63, 3.8) is 0 Å². The average molecular weight is 411 g/mol. The zero-order valence-corrected chi connectivity index (χ0v) is 16.8. The van der Waals surface area contributed by atoms with E-state index in [2.05, 4.69) is 34.5 Å². The van der Waals surface area contributed by atoms with Crippen molar-refractivity contribution in [2.45, 2.75) is 19.0 Å². The molecule has 0 bridgehead atoms. The molecular weight excluding hydrogens is 388 g/mol. The van der Waals surface area contributed by atoms with Gasteiger partial charge in [-0.2, -0.15) is 0 Å². The number of nitrogens with one attached hydrogen (secondary N) is 1. The van der Waals surface area contributed by atoms with Crippen molar-refractivity contribution in [1.82, 2.24) is 10.2 Å². The van der Waals surface area contributed by atoms with Crippen molar-refractivity contribution in [2.75, 3.05) is 19.7 Å². The van der Waals surface area contributed by atoms with Crippen LogP contribution in [-0.2, 0) is 17.8 Å². The van der Waals surface area contributed by atoms with Gasteiger partial charge in [0.15, 0.2) is 6.61 Å². The monoisotopic (exact) mass is 410 g/mol. The topological polar surface area (TPSA) is 54.7 Å². The lowest BCUT2D eigenvalue weighted by atomic mass is 9.98. The van der Waals surface area contributed by atoms with E-state index in [0.29, 0.717) is 17.3 Å². The standard InChI is InChI=1S/C23H23ClN2O3/c24-19-7-9-20(10-8-19)29-16-23(27)25-14-21(22-6-3-13-28-22)26-12-11-17-4-1-2-5-18(17)15-26/h1-10,13,21H,11-12,14-16H2,(H,25,27). The Kier molecular flexibility index (Phi) is 6.17. The Morgan fingerprint density at radius 2 is 1.90 bits per heavy atom. The first kappa shape index (κ1) is 19.6. The molecule has 1 aliphatic rings. The number of hydrogen-bond acceptors (Lipinski definition) is 4. The number of halogens is 1. The van der Waals surface area contributed by atoms with Crippen molar-refractivity contribution in [2.24, 2.45) is 0 Å². The molecule has 0 fully saturated rings. The van der Waals surface area contributed by atoms with Gasteiger partial charge < -0.3 is 14.5 Å². The predicted molar refractivity (Wildman–Crippen MR) is 112 cm³/mol. The molecule has 0 saturated carbocycles. The summed E-state index contributed by atoms with van der Waals surface area (Å²) >= 11 is 5.86. The number of furan rings is 1. The van der Waals surface area contributed by atoms with Gasteiger partial charge in [0.05, 0.1) is 12.3 Å². The highest BCUT2D eigenvalue weighted by Gasteiger charge is 2.27. The maximum absolute atomic E-state index is 12.3. The van der Waals surface area contributed by atoms with E-state index in [0.717, 1.165) is 25.3 Å². The molecule has 6 heteroatoms. The summed E-state index contributed by atoms with van der Waals surface area (Å²) in [5.41, 5.74) is 2.72. The molecule has 1 aromatic heterocycles. The van der Waals surface area contributed by atoms with Crippen molar-refractivity contribution in [3.05, 3.63) is 88.8 Å².